The van der Waals surface area contributed by atoms with Crippen molar-refractivity contribution < 1.29 is 23.4 Å². The number of fused-ring (bicyclic) bond motifs is 5. The SMILES string of the molecule is CC(C)CCC[C@@H](C)[C@H]1CC[C@H]2[C@@H]3CC=C4CC(OCCOCCOC(CCN5CCOCC5)CO[Si](c5ccccc5)(c5ccccc5)C(C)(C)C)CC[C@]4(C)[C@H]3CC[C@]12C. The molecule has 5 aliphatic rings. The zero-order valence-electron chi connectivity index (χ0n) is 40.5. The van der Waals surface area contributed by atoms with Crippen LogP contribution in [0, 0.1) is 46.3 Å². The maximum atomic E-state index is 7.36. The van der Waals surface area contributed by atoms with Gasteiger partial charge in [-0.2, -0.15) is 0 Å². The first-order valence-electron chi connectivity index (χ1n) is 25.4. The van der Waals surface area contributed by atoms with Gasteiger partial charge in [-0.1, -0.05) is 147 Å². The minimum absolute atomic E-state index is 0.0320. The van der Waals surface area contributed by atoms with E-state index in [1.807, 2.05) is 0 Å². The molecular formula is C55H87NO5Si. The third-order valence-electron chi connectivity index (χ3n) is 17.2. The maximum Gasteiger partial charge on any atom is 0.261 e. The largest absolute Gasteiger partial charge is 0.405 e. The molecule has 2 unspecified atom stereocenters. The number of ether oxygens (including phenoxy) is 4. The van der Waals surface area contributed by atoms with Crippen LogP contribution < -0.4 is 10.4 Å². The molecular weight excluding hydrogens is 783 g/mol. The third kappa shape index (κ3) is 10.9. The predicted molar refractivity (Wildman–Crippen MR) is 259 cm³/mol. The van der Waals surface area contributed by atoms with Gasteiger partial charge in [0, 0.05) is 19.6 Å². The number of hydrogen-bond acceptors (Lipinski definition) is 6. The lowest BCUT2D eigenvalue weighted by atomic mass is 9.47. The van der Waals surface area contributed by atoms with Crippen LogP contribution >= 0.6 is 0 Å². The zero-order valence-corrected chi connectivity index (χ0v) is 41.5. The molecule has 1 aliphatic heterocycles. The first-order chi connectivity index (χ1) is 29.8. The number of benzene rings is 2. The van der Waals surface area contributed by atoms with Gasteiger partial charge in [0.05, 0.1) is 58.5 Å². The van der Waals surface area contributed by atoms with Crippen molar-refractivity contribution in [2.24, 2.45) is 46.3 Å². The fraction of sp³-hybridized carbons (Fsp3) is 0.745. The van der Waals surface area contributed by atoms with Crippen molar-refractivity contribution in [2.75, 3.05) is 65.9 Å². The van der Waals surface area contributed by atoms with Gasteiger partial charge in [0.25, 0.3) is 8.32 Å². The van der Waals surface area contributed by atoms with E-state index < -0.39 is 8.32 Å². The highest BCUT2D eigenvalue weighted by Gasteiger charge is 2.59. The van der Waals surface area contributed by atoms with E-state index in [1.165, 1.54) is 74.6 Å². The second-order valence-electron chi connectivity index (χ2n) is 22.3. The molecule has 1 heterocycles. The number of hydrogen-bond donors (Lipinski definition) is 0. The number of nitrogens with zero attached hydrogens (tertiary/aromatic N) is 1. The molecule has 62 heavy (non-hydrogen) atoms. The molecule has 4 fully saturated rings. The van der Waals surface area contributed by atoms with Crippen LogP contribution in [0.1, 0.15) is 132 Å². The smallest absolute Gasteiger partial charge is 0.261 e. The molecule has 7 rings (SSSR count). The van der Waals surface area contributed by atoms with Gasteiger partial charge in [-0.15, -0.1) is 0 Å². The van der Waals surface area contributed by atoms with E-state index in [0.29, 0.717) is 50.0 Å². The molecule has 1 saturated heterocycles. The topological polar surface area (TPSA) is 49.4 Å². The summed E-state index contributed by atoms with van der Waals surface area (Å²) in [4.78, 5) is 2.50. The summed E-state index contributed by atoms with van der Waals surface area (Å²) in [6, 6.07) is 21.9. The van der Waals surface area contributed by atoms with Gasteiger partial charge in [-0.3, -0.25) is 4.90 Å². The van der Waals surface area contributed by atoms with Crippen molar-refractivity contribution in [2.45, 2.75) is 150 Å². The Morgan fingerprint density at radius 3 is 2.16 bits per heavy atom. The quantitative estimate of drug-likeness (QED) is 0.0708. The van der Waals surface area contributed by atoms with Gasteiger partial charge >= 0.3 is 0 Å². The molecule has 6 nitrogen and oxygen atoms in total. The number of rotatable bonds is 21. The molecule has 0 spiro atoms. The van der Waals surface area contributed by atoms with Crippen LogP contribution in [0.25, 0.3) is 0 Å². The summed E-state index contributed by atoms with van der Waals surface area (Å²) >= 11 is 0. The van der Waals surface area contributed by atoms with E-state index in [1.54, 1.807) is 5.57 Å². The lowest BCUT2D eigenvalue weighted by Crippen LogP contribution is -2.67. The van der Waals surface area contributed by atoms with Crippen LogP contribution in [0.4, 0.5) is 0 Å². The Morgan fingerprint density at radius 2 is 1.48 bits per heavy atom. The van der Waals surface area contributed by atoms with E-state index in [9.17, 15) is 0 Å². The van der Waals surface area contributed by atoms with Crippen molar-refractivity contribution in [3.8, 4) is 0 Å². The summed E-state index contributed by atoms with van der Waals surface area (Å²) in [7, 11) is -2.67. The average Bonchev–Trinajstić information content (AvgIpc) is 3.63. The second kappa shape index (κ2) is 21.6. The Bertz CT molecular complexity index is 1630. The Kier molecular flexibility index (Phi) is 16.8. The van der Waals surface area contributed by atoms with Crippen molar-refractivity contribution in [1.82, 2.24) is 4.90 Å². The minimum atomic E-state index is -2.67. The first kappa shape index (κ1) is 48.1. The van der Waals surface area contributed by atoms with Crippen molar-refractivity contribution >= 4 is 18.7 Å². The summed E-state index contributed by atoms with van der Waals surface area (Å²) < 4.78 is 32.4. The van der Waals surface area contributed by atoms with Crippen LogP contribution in [0.2, 0.25) is 5.04 Å². The molecule has 0 N–H and O–H groups in total. The van der Waals surface area contributed by atoms with Crippen LogP contribution in [0.5, 0.6) is 0 Å². The molecule has 3 saturated carbocycles. The Labute approximate surface area is 379 Å². The molecule has 2 aromatic rings. The summed E-state index contributed by atoms with van der Waals surface area (Å²) in [5.41, 5.74) is 2.62. The van der Waals surface area contributed by atoms with Crippen molar-refractivity contribution in [3.05, 3.63) is 72.3 Å². The first-order valence-corrected chi connectivity index (χ1v) is 27.3. The lowest BCUT2D eigenvalue weighted by Gasteiger charge is -2.58. The molecule has 0 radical (unpaired) electrons. The average molecular weight is 870 g/mol. The van der Waals surface area contributed by atoms with Crippen molar-refractivity contribution in [1.29, 1.82) is 0 Å². The molecule has 4 aliphatic carbocycles. The molecule has 9 atom stereocenters. The molecule has 0 bridgehead atoms. The van der Waals surface area contributed by atoms with Crippen LogP contribution in [-0.4, -0.2) is 91.3 Å². The molecule has 346 valence electrons. The highest BCUT2D eigenvalue weighted by molar-refractivity contribution is 6.99. The second-order valence-corrected chi connectivity index (χ2v) is 26.7. The van der Waals surface area contributed by atoms with Crippen molar-refractivity contribution in [3.63, 3.8) is 0 Å². The molecule has 0 aromatic heterocycles. The Balaban J connectivity index is 0.885. The van der Waals surface area contributed by atoms with Crippen LogP contribution in [0.15, 0.2) is 72.3 Å². The van der Waals surface area contributed by atoms with Gasteiger partial charge < -0.3 is 23.4 Å². The molecule has 2 aromatic carbocycles. The van der Waals surface area contributed by atoms with Gasteiger partial charge in [-0.05, 0) is 120 Å². The van der Waals surface area contributed by atoms with Gasteiger partial charge in [0.2, 0.25) is 0 Å². The normalized spacial score (nSPS) is 30.3. The van der Waals surface area contributed by atoms with E-state index in [2.05, 4.69) is 127 Å². The Morgan fingerprint density at radius 1 is 0.790 bits per heavy atom. The summed E-state index contributed by atoms with van der Waals surface area (Å²) in [6.45, 7) is 27.2. The van der Waals surface area contributed by atoms with E-state index in [4.69, 9.17) is 23.4 Å². The zero-order chi connectivity index (χ0) is 43.8. The number of allylic oxidation sites excluding steroid dienone is 1. The standard InChI is InChI=1S/C55H87NO5Si/c1-42(2)16-15-17-43(3)50-24-25-51-49-23-22-44-40-45(26-29-54(44,7)52(49)27-30-55(50,51)8)59-38-36-58-37-39-60-46(28-31-56-32-34-57-35-33-56)41-61-62(53(4,5)6,47-18-11-9-12-19-47)48-20-13-10-14-21-48/h9-14,18-22,42-43,45-46,49-52H,15-17,23-41H2,1-8H3/t43-,45?,46?,49+,50-,51+,52+,54+,55-/m1/s1. The predicted octanol–water partition coefficient (Wildman–Crippen LogP) is 11.1. The monoisotopic (exact) mass is 870 g/mol. The maximum absolute atomic E-state index is 7.36. The lowest BCUT2D eigenvalue weighted by molar-refractivity contribution is -0.0708. The number of morpholine rings is 1. The summed E-state index contributed by atoms with van der Waals surface area (Å²) in [5.74, 6) is 5.28. The van der Waals surface area contributed by atoms with E-state index in [0.717, 1.165) is 81.2 Å². The van der Waals surface area contributed by atoms with Crippen LogP contribution in [0.3, 0.4) is 0 Å². The van der Waals surface area contributed by atoms with Gasteiger partial charge in [-0.25, -0.2) is 0 Å². The molecule has 0 amide bonds. The minimum Gasteiger partial charge on any atom is -0.405 e. The van der Waals surface area contributed by atoms with E-state index >= 15 is 0 Å². The molecule has 7 heteroatoms. The highest BCUT2D eigenvalue weighted by Crippen LogP contribution is 2.67. The van der Waals surface area contributed by atoms with Gasteiger partial charge in [0.15, 0.2) is 0 Å². The van der Waals surface area contributed by atoms with E-state index in [-0.39, 0.29) is 11.1 Å². The van der Waals surface area contributed by atoms with Crippen LogP contribution in [-0.2, 0) is 23.4 Å². The van der Waals surface area contributed by atoms with Gasteiger partial charge in [0.1, 0.15) is 0 Å². The Hall–Kier alpha value is -1.84. The summed E-state index contributed by atoms with van der Waals surface area (Å²) in [6.07, 6.45) is 18.8. The summed E-state index contributed by atoms with van der Waals surface area (Å²) in [5, 5.41) is 2.53. The third-order valence-corrected chi connectivity index (χ3v) is 22.2. The fourth-order valence-corrected chi connectivity index (χ4v) is 18.4. The fourth-order valence-electron chi connectivity index (χ4n) is 13.8. The highest BCUT2D eigenvalue weighted by atomic mass is 28.4.